The third kappa shape index (κ3) is 5.77. The molecule has 1 saturated carbocycles. The van der Waals surface area contributed by atoms with Crippen LogP contribution in [0.3, 0.4) is 0 Å². The van der Waals surface area contributed by atoms with Crippen molar-refractivity contribution in [3.05, 3.63) is 0 Å². The predicted molar refractivity (Wildman–Crippen MR) is 79.3 cm³/mol. The van der Waals surface area contributed by atoms with Gasteiger partial charge in [-0.15, -0.1) is 0 Å². The number of rotatable bonds is 11. The van der Waals surface area contributed by atoms with Crippen LogP contribution in [0.5, 0.6) is 0 Å². The minimum absolute atomic E-state index is 0.549. The van der Waals surface area contributed by atoms with Crippen molar-refractivity contribution in [3.8, 4) is 0 Å². The standard InChI is InChI=1S/C13H29N3O2S/c1-4-6-12-16(5-2)19(17,18)15(3)11-7-10-14-13-8-9-13/h13-14H,4-12H2,1-3H3. The fourth-order valence-electron chi connectivity index (χ4n) is 1.98. The Balaban J connectivity index is 2.34. The average molecular weight is 291 g/mol. The van der Waals surface area contributed by atoms with Gasteiger partial charge in [0.2, 0.25) is 0 Å². The Morgan fingerprint density at radius 1 is 1.16 bits per heavy atom. The largest absolute Gasteiger partial charge is 0.314 e. The van der Waals surface area contributed by atoms with Crippen molar-refractivity contribution in [2.45, 2.75) is 52.0 Å². The maximum Gasteiger partial charge on any atom is 0.281 e. The van der Waals surface area contributed by atoms with E-state index in [9.17, 15) is 8.42 Å². The molecule has 0 saturated heterocycles. The summed E-state index contributed by atoms with van der Waals surface area (Å²) in [6.07, 6.45) is 5.35. The third-order valence-electron chi connectivity index (χ3n) is 3.49. The highest BCUT2D eigenvalue weighted by Crippen LogP contribution is 2.18. The quantitative estimate of drug-likeness (QED) is 0.586. The zero-order chi connectivity index (χ0) is 14.3. The van der Waals surface area contributed by atoms with Gasteiger partial charge < -0.3 is 5.32 Å². The van der Waals surface area contributed by atoms with E-state index >= 15 is 0 Å². The second-order valence-electron chi connectivity index (χ2n) is 5.26. The molecule has 1 rings (SSSR count). The Hall–Kier alpha value is -0.170. The number of hydrogen-bond donors (Lipinski definition) is 1. The van der Waals surface area contributed by atoms with E-state index in [-0.39, 0.29) is 0 Å². The highest BCUT2D eigenvalue weighted by Gasteiger charge is 2.25. The summed E-state index contributed by atoms with van der Waals surface area (Å²) in [6.45, 7) is 6.65. The summed E-state index contributed by atoms with van der Waals surface area (Å²) in [5.74, 6) is 0. The summed E-state index contributed by atoms with van der Waals surface area (Å²) in [5, 5.41) is 3.41. The minimum atomic E-state index is -3.27. The van der Waals surface area contributed by atoms with Gasteiger partial charge in [0.25, 0.3) is 10.2 Å². The van der Waals surface area contributed by atoms with Crippen LogP contribution in [0.15, 0.2) is 0 Å². The van der Waals surface area contributed by atoms with E-state index in [2.05, 4.69) is 12.2 Å². The Morgan fingerprint density at radius 3 is 2.37 bits per heavy atom. The lowest BCUT2D eigenvalue weighted by Crippen LogP contribution is -2.43. The van der Waals surface area contributed by atoms with Gasteiger partial charge in [0.15, 0.2) is 0 Å². The molecule has 1 fully saturated rings. The number of nitrogens with one attached hydrogen (secondary N) is 1. The number of hydrogen-bond acceptors (Lipinski definition) is 3. The van der Waals surface area contributed by atoms with Gasteiger partial charge in [-0.2, -0.15) is 17.0 Å². The summed E-state index contributed by atoms with van der Waals surface area (Å²) in [7, 11) is -1.59. The lowest BCUT2D eigenvalue weighted by atomic mass is 10.3. The second-order valence-corrected chi connectivity index (χ2v) is 7.29. The molecule has 0 aliphatic heterocycles. The normalized spacial score (nSPS) is 16.5. The van der Waals surface area contributed by atoms with Crippen molar-refractivity contribution in [2.24, 2.45) is 0 Å². The Kier molecular flexibility index (Phi) is 7.28. The number of unbranched alkanes of at least 4 members (excludes halogenated alkanes) is 1. The average Bonchev–Trinajstić information content (AvgIpc) is 3.19. The van der Waals surface area contributed by atoms with Crippen LogP contribution >= 0.6 is 0 Å². The van der Waals surface area contributed by atoms with E-state index in [1.165, 1.54) is 17.1 Å². The Labute approximate surface area is 118 Å². The van der Waals surface area contributed by atoms with Crippen LogP contribution in [0, 0.1) is 0 Å². The lowest BCUT2D eigenvalue weighted by molar-refractivity contribution is 0.360. The molecule has 0 bridgehead atoms. The van der Waals surface area contributed by atoms with Gasteiger partial charge in [0, 0.05) is 32.7 Å². The first-order valence-electron chi connectivity index (χ1n) is 7.47. The predicted octanol–water partition coefficient (Wildman–Crippen LogP) is 1.43. The molecule has 6 heteroatoms. The molecule has 1 aliphatic rings. The van der Waals surface area contributed by atoms with E-state index in [4.69, 9.17) is 0 Å². The molecule has 0 unspecified atom stereocenters. The summed E-state index contributed by atoms with van der Waals surface area (Å²) in [5.41, 5.74) is 0. The summed E-state index contributed by atoms with van der Waals surface area (Å²) in [6, 6.07) is 0.693. The lowest BCUT2D eigenvalue weighted by Gasteiger charge is -2.26. The molecule has 0 atom stereocenters. The molecule has 0 spiro atoms. The summed E-state index contributed by atoms with van der Waals surface area (Å²) in [4.78, 5) is 0. The fraction of sp³-hybridized carbons (Fsp3) is 1.00. The highest BCUT2D eigenvalue weighted by atomic mass is 32.2. The van der Waals surface area contributed by atoms with Crippen molar-refractivity contribution in [1.82, 2.24) is 13.9 Å². The molecule has 0 amide bonds. The smallest absolute Gasteiger partial charge is 0.281 e. The minimum Gasteiger partial charge on any atom is -0.314 e. The van der Waals surface area contributed by atoms with Crippen LogP contribution in [0.2, 0.25) is 0 Å². The molecule has 114 valence electrons. The molecule has 0 aromatic carbocycles. The molecule has 1 aliphatic carbocycles. The van der Waals surface area contributed by atoms with Crippen LogP contribution in [-0.2, 0) is 10.2 Å². The van der Waals surface area contributed by atoms with Crippen molar-refractivity contribution in [3.63, 3.8) is 0 Å². The molecule has 5 nitrogen and oxygen atoms in total. The van der Waals surface area contributed by atoms with Gasteiger partial charge in [-0.25, -0.2) is 0 Å². The topological polar surface area (TPSA) is 52.7 Å². The zero-order valence-corrected chi connectivity index (χ0v) is 13.4. The molecule has 0 radical (unpaired) electrons. The van der Waals surface area contributed by atoms with Crippen molar-refractivity contribution in [1.29, 1.82) is 0 Å². The highest BCUT2D eigenvalue weighted by molar-refractivity contribution is 7.86. The van der Waals surface area contributed by atoms with Crippen LogP contribution in [0.25, 0.3) is 0 Å². The van der Waals surface area contributed by atoms with Gasteiger partial charge in [-0.1, -0.05) is 20.3 Å². The molecule has 0 aromatic rings. The molecule has 0 aromatic heterocycles. The number of nitrogens with zero attached hydrogens (tertiary/aromatic N) is 2. The molecule has 1 N–H and O–H groups in total. The molecule has 19 heavy (non-hydrogen) atoms. The fourth-order valence-corrected chi connectivity index (χ4v) is 3.42. The van der Waals surface area contributed by atoms with Gasteiger partial charge in [0.05, 0.1) is 0 Å². The molecular weight excluding hydrogens is 262 g/mol. The molecule has 0 heterocycles. The van der Waals surface area contributed by atoms with Crippen LogP contribution < -0.4 is 5.32 Å². The van der Waals surface area contributed by atoms with Crippen LogP contribution in [0.1, 0.15) is 46.0 Å². The third-order valence-corrected chi connectivity index (χ3v) is 5.56. The van der Waals surface area contributed by atoms with E-state index in [0.29, 0.717) is 25.7 Å². The first-order valence-corrected chi connectivity index (χ1v) is 8.86. The van der Waals surface area contributed by atoms with E-state index in [1.54, 1.807) is 11.4 Å². The van der Waals surface area contributed by atoms with Crippen molar-refractivity contribution < 1.29 is 8.42 Å². The monoisotopic (exact) mass is 291 g/mol. The molecular formula is C13H29N3O2S. The summed E-state index contributed by atoms with van der Waals surface area (Å²) < 4.78 is 27.7. The zero-order valence-electron chi connectivity index (χ0n) is 12.6. The maximum absolute atomic E-state index is 12.3. The maximum atomic E-state index is 12.3. The first-order chi connectivity index (χ1) is 9.02. The van der Waals surface area contributed by atoms with Gasteiger partial charge in [-0.3, -0.25) is 0 Å². The van der Waals surface area contributed by atoms with Gasteiger partial charge in [-0.05, 0) is 32.2 Å². The SMILES string of the molecule is CCCCN(CC)S(=O)(=O)N(C)CCCNC1CC1. The summed E-state index contributed by atoms with van der Waals surface area (Å²) >= 11 is 0. The first kappa shape index (κ1) is 16.9. The van der Waals surface area contributed by atoms with E-state index in [0.717, 1.165) is 25.8 Å². The Bertz CT molecular complexity index is 342. The second kappa shape index (κ2) is 8.19. The Morgan fingerprint density at radius 2 is 1.84 bits per heavy atom. The van der Waals surface area contributed by atoms with Crippen molar-refractivity contribution >= 4 is 10.2 Å². The van der Waals surface area contributed by atoms with Crippen LogP contribution in [0.4, 0.5) is 0 Å². The van der Waals surface area contributed by atoms with Crippen LogP contribution in [-0.4, -0.2) is 56.3 Å². The van der Waals surface area contributed by atoms with E-state index in [1.807, 2.05) is 6.92 Å². The van der Waals surface area contributed by atoms with E-state index < -0.39 is 10.2 Å². The van der Waals surface area contributed by atoms with Gasteiger partial charge >= 0.3 is 0 Å². The van der Waals surface area contributed by atoms with Crippen molar-refractivity contribution in [2.75, 3.05) is 33.2 Å². The van der Waals surface area contributed by atoms with Gasteiger partial charge in [0.1, 0.15) is 0 Å².